The largest absolute Gasteiger partial charge is 0.298 e. The molecule has 72 valence electrons. The number of nitriles is 1. The molecule has 0 bridgehead atoms. The van der Waals surface area contributed by atoms with E-state index in [2.05, 4.69) is 28.6 Å². The van der Waals surface area contributed by atoms with Gasteiger partial charge in [0.25, 0.3) is 0 Å². The second kappa shape index (κ2) is 4.63. The van der Waals surface area contributed by atoms with Gasteiger partial charge in [0.05, 0.1) is 10.4 Å². The molecule has 0 saturated heterocycles. The van der Waals surface area contributed by atoms with E-state index in [9.17, 15) is 4.79 Å². The van der Waals surface area contributed by atoms with Gasteiger partial charge in [0.15, 0.2) is 0 Å². The number of ketones is 1. The maximum absolute atomic E-state index is 11.1. The molecule has 0 aromatic heterocycles. The highest BCUT2D eigenvalue weighted by molar-refractivity contribution is 9.09. The Morgan fingerprint density at radius 2 is 2.29 bits per heavy atom. The molecule has 4 heteroatoms. The zero-order valence-electron chi connectivity index (χ0n) is 7.49. The first-order valence-electron chi connectivity index (χ1n) is 3.94. The fraction of sp³-hybridized carbons (Fsp3) is 0.200. The number of hydrogen-bond acceptors (Lipinski definition) is 3. The number of thiol groups is 1. The molecule has 0 N–H and O–H groups in total. The van der Waals surface area contributed by atoms with Crippen LogP contribution in [-0.2, 0) is 4.79 Å². The molecule has 1 atom stereocenters. The number of rotatable bonds is 2. The van der Waals surface area contributed by atoms with Gasteiger partial charge in [-0.1, -0.05) is 28.1 Å². The number of carbonyl (C=O) groups excluding carboxylic acids is 1. The fourth-order valence-electron chi connectivity index (χ4n) is 1.11. The second-order valence-corrected chi connectivity index (χ2v) is 4.22. The molecular formula is C10H8BrNOS. The van der Waals surface area contributed by atoms with Crippen molar-refractivity contribution in [2.24, 2.45) is 0 Å². The van der Waals surface area contributed by atoms with E-state index in [1.54, 1.807) is 18.2 Å². The molecule has 2 nitrogen and oxygen atoms in total. The third-order valence-corrected chi connectivity index (χ3v) is 3.33. The van der Waals surface area contributed by atoms with E-state index in [0.29, 0.717) is 16.0 Å². The third-order valence-electron chi connectivity index (χ3n) is 1.82. The van der Waals surface area contributed by atoms with Gasteiger partial charge in [0, 0.05) is 4.90 Å². The number of alkyl halides is 1. The number of Topliss-reactive ketones (excluding diaryl/α,β-unsaturated/α-hetero) is 1. The molecule has 0 amide bonds. The molecule has 0 spiro atoms. The van der Waals surface area contributed by atoms with Crippen LogP contribution in [0.5, 0.6) is 0 Å². The lowest BCUT2D eigenvalue weighted by Crippen LogP contribution is -2.03. The number of halogens is 1. The number of benzene rings is 1. The average Bonchev–Trinajstić information content (AvgIpc) is 2.16. The lowest BCUT2D eigenvalue weighted by molar-refractivity contribution is -0.116. The Morgan fingerprint density at radius 3 is 2.79 bits per heavy atom. The first-order valence-corrected chi connectivity index (χ1v) is 5.30. The Labute approximate surface area is 96.5 Å². The Hall–Kier alpha value is -0.790. The van der Waals surface area contributed by atoms with Crippen LogP contribution < -0.4 is 0 Å². The smallest absolute Gasteiger partial charge is 0.147 e. The number of nitrogens with zero attached hydrogens (tertiary/aromatic N) is 1. The minimum absolute atomic E-state index is 0.0274. The maximum Gasteiger partial charge on any atom is 0.147 e. The summed E-state index contributed by atoms with van der Waals surface area (Å²) in [5, 5.41) is 8.90. The van der Waals surface area contributed by atoms with Gasteiger partial charge in [-0.05, 0) is 18.6 Å². The summed E-state index contributed by atoms with van der Waals surface area (Å²) in [6, 6.07) is 7.29. The van der Waals surface area contributed by atoms with E-state index >= 15 is 0 Å². The van der Waals surface area contributed by atoms with Crippen LogP contribution in [-0.4, -0.2) is 5.78 Å². The van der Waals surface area contributed by atoms with Crippen LogP contribution in [0.2, 0.25) is 0 Å². The van der Waals surface area contributed by atoms with Gasteiger partial charge in [-0.15, -0.1) is 12.6 Å². The van der Waals surface area contributed by atoms with Gasteiger partial charge >= 0.3 is 0 Å². The highest BCUT2D eigenvalue weighted by Crippen LogP contribution is 2.29. The molecule has 1 aromatic carbocycles. The summed E-state index contributed by atoms with van der Waals surface area (Å²) in [6.07, 6.45) is 0. The summed E-state index contributed by atoms with van der Waals surface area (Å²) in [4.78, 5) is 11.3. The van der Waals surface area contributed by atoms with Crippen LogP contribution >= 0.6 is 28.6 Å². The Balaban J connectivity index is 3.29. The predicted octanol–water partition coefficient (Wildman–Crippen LogP) is 2.87. The lowest BCUT2D eigenvalue weighted by Gasteiger charge is -2.09. The van der Waals surface area contributed by atoms with E-state index in [1.165, 1.54) is 6.92 Å². The average molecular weight is 270 g/mol. The van der Waals surface area contributed by atoms with Crippen molar-refractivity contribution in [3.8, 4) is 6.07 Å². The first-order chi connectivity index (χ1) is 6.57. The van der Waals surface area contributed by atoms with Crippen molar-refractivity contribution in [2.45, 2.75) is 16.6 Å². The van der Waals surface area contributed by atoms with Crippen molar-refractivity contribution in [2.75, 3.05) is 0 Å². The standard InChI is InChI=1S/C10H8BrNOS/c1-6(13)10(11)7-3-2-4-9(14)8(7)5-12/h2-4,10,14H,1H3. The molecule has 0 saturated carbocycles. The Kier molecular flexibility index (Phi) is 3.73. The first kappa shape index (κ1) is 11.3. The summed E-state index contributed by atoms with van der Waals surface area (Å²) < 4.78 is 0. The van der Waals surface area contributed by atoms with Gasteiger partial charge in [0.2, 0.25) is 0 Å². The predicted molar refractivity (Wildman–Crippen MR) is 60.8 cm³/mol. The third kappa shape index (κ3) is 2.17. The SMILES string of the molecule is CC(=O)C(Br)c1cccc(S)c1C#N. The van der Waals surface area contributed by atoms with Crippen molar-refractivity contribution < 1.29 is 4.79 Å². The van der Waals surface area contributed by atoms with Crippen molar-refractivity contribution in [3.63, 3.8) is 0 Å². The van der Waals surface area contributed by atoms with E-state index in [1.807, 2.05) is 6.07 Å². The highest BCUT2D eigenvalue weighted by Gasteiger charge is 2.17. The summed E-state index contributed by atoms with van der Waals surface area (Å²) in [6.45, 7) is 1.48. The normalized spacial score (nSPS) is 11.9. The van der Waals surface area contributed by atoms with Gasteiger partial charge in [-0.3, -0.25) is 4.79 Å². The number of carbonyl (C=O) groups is 1. The van der Waals surface area contributed by atoms with Crippen molar-refractivity contribution in [3.05, 3.63) is 29.3 Å². The maximum atomic E-state index is 11.1. The van der Waals surface area contributed by atoms with Crippen molar-refractivity contribution in [1.29, 1.82) is 5.26 Å². The monoisotopic (exact) mass is 269 g/mol. The molecular weight excluding hydrogens is 262 g/mol. The van der Waals surface area contributed by atoms with Crippen LogP contribution in [0, 0.1) is 11.3 Å². The highest BCUT2D eigenvalue weighted by atomic mass is 79.9. The zero-order chi connectivity index (χ0) is 10.7. The van der Waals surface area contributed by atoms with Gasteiger partial charge in [0.1, 0.15) is 11.9 Å². The summed E-state index contributed by atoms with van der Waals surface area (Å²) >= 11 is 7.40. The Bertz CT molecular complexity index is 411. The van der Waals surface area contributed by atoms with Crippen LogP contribution in [0.15, 0.2) is 23.1 Å². The second-order valence-electron chi connectivity index (χ2n) is 2.83. The van der Waals surface area contributed by atoms with E-state index in [4.69, 9.17) is 5.26 Å². The minimum Gasteiger partial charge on any atom is -0.298 e. The van der Waals surface area contributed by atoms with Crippen molar-refractivity contribution >= 4 is 34.3 Å². The summed E-state index contributed by atoms with van der Waals surface area (Å²) in [5.74, 6) is -0.0274. The zero-order valence-corrected chi connectivity index (χ0v) is 9.97. The molecule has 0 radical (unpaired) electrons. The van der Waals surface area contributed by atoms with Crippen LogP contribution in [0.4, 0.5) is 0 Å². The van der Waals surface area contributed by atoms with Gasteiger partial charge < -0.3 is 0 Å². The van der Waals surface area contributed by atoms with Crippen LogP contribution in [0.1, 0.15) is 22.9 Å². The molecule has 0 fully saturated rings. The van der Waals surface area contributed by atoms with E-state index in [0.717, 1.165) is 0 Å². The summed E-state index contributed by atoms with van der Waals surface area (Å²) in [5.41, 5.74) is 1.13. The van der Waals surface area contributed by atoms with Crippen LogP contribution in [0.3, 0.4) is 0 Å². The number of hydrogen-bond donors (Lipinski definition) is 1. The molecule has 1 unspecified atom stereocenters. The molecule has 0 aliphatic heterocycles. The van der Waals surface area contributed by atoms with E-state index < -0.39 is 4.83 Å². The van der Waals surface area contributed by atoms with Crippen molar-refractivity contribution in [1.82, 2.24) is 0 Å². The van der Waals surface area contributed by atoms with Gasteiger partial charge in [-0.2, -0.15) is 5.26 Å². The molecule has 0 heterocycles. The fourth-order valence-corrected chi connectivity index (χ4v) is 1.76. The van der Waals surface area contributed by atoms with E-state index in [-0.39, 0.29) is 5.78 Å². The molecule has 1 rings (SSSR count). The molecule has 14 heavy (non-hydrogen) atoms. The van der Waals surface area contributed by atoms with Gasteiger partial charge in [-0.25, -0.2) is 0 Å². The summed E-state index contributed by atoms with van der Waals surface area (Å²) in [7, 11) is 0. The lowest BCUT2D eigenvalue weighted by atomic mass is 10.0. The molecule has 1 aromatic rings. The Morgan fingerprint density at radius 1 is 1.64 bits per heavy atom. The van der Waals surface area contributed by atoms with Crippen LogP contribution in [0.25, 0.3) is 0 Å². The minimum atomic E-state index is -0.427. The molecule has 0 aliphatic rings. The quantitative estimate of drug-likeness (QED) is 0.663. The molecule has 0 aliphatic carbocycles. The topological polar surface area (TPSA) is 40.9 Å².